The zero-order chi connectivity index (χ0) is 13.8. The SMILES string of the molecule is CSC(C)CNS(=O)(=O)c1ccc(CO)cc1F. The average molecular weight is 293 g/mol. The summed E-state index contributed by atoms with van der Waals surface area (Å²) in [5, 5.41) is 8.94. The molecule has 1 aromatic rings. The molecule has 0 fully saturated rings. The summed E-state index contributed by atoms with van der Waals surface area (Å²) >= 11 is 1.52. The monoisotopic (exact) mass is 293 g/mol. The molecule has 0 aliphatic carbocycles. The molecule has 1 unspecified atom stereocenters. The van der Waals surface area contributed by atoms with E-state index in [0.29, 0.717) is 5.56 Å². The van der Waals surface area contributed by atoms with Crippen molar-refractivity contribution in [2.75, 3.05) is 12.8 Å². The zero-order valence-electron chi connectivity index (χ0n) is 10.2. The molecule has 1 aromatic carbocycles. The minimum absolute atomic E-state index is 0.111. The fourth-order valence-electron chi connectivity index (χ4n) is 1.25. The van der Waals surface area contributed by atoms with Gasteiger partial charge in [0, 0.05) is 11.8 Å². The number of nitrogens with one attached hydrogen (secondary N) is 1. The standard InChI is InChI=1S/C11H16FNO3S2/c1-8(17-2)6-13-18(15,16)11-4-3-9(7-14)5-10(11)12/h3-5,8,13-14H,6-7H2,1-2H3. The Labute approximate surface area is 111 Å². The molecule has 0 radical (unpaired) electrons. The van der Waals surface area contributed by atoms with Gasteiger partial charge in [0.05, 0.1) is 6.61 Å². The Bertz CT molecular complexity index is 505. The van der Waals surface area contributed by atoms with E-state index in [4.69, 9.17) is 5.11 Å². The summed E-state index contributed by atoms with van der Waals surface area (Å²) in [5.74, 6) is -0.856. The molecule has 0 saturated heterocycles. The molecule has 0 amide bonds. The number of aliphatic hydroxyl groups excluding tert-OH is 1. The fourth-order valence-corrected chi connectivity index (χ4v) is 2.79. The van der Waals surface area contributed by atoms with Crippen molar-refractivity contribution < 1.29 is 17.9 Å². The van der Waals surface area contributed by atoms with Crippen LogP contribution in [-0.2, 0) is 16.6 Å². The van der Waals surface area contributed by atoms with Gasteiger partial charge in [-0.25, -0.2) is 17.5 Å². The smallest absolute Gasteiger partial charge is 0.243 e. The van der Waals surface area contributed by atoms with Gasteiger partial charge in [-0.15, -0.1) is 0 Å². The third-order valence-electron chi connectivity index (χ3n) is 2.43. The minimum atomic E-state index is -3.84. The van der Waals surface area contributed by atoms with Crippen molar-refractivity contribution >= 4 is 21.8 Å². The van der Waals surface area contributed by atoms with Crippen molar-refractivity contribution in [3.8, 4) is 0 Å². The number of aliphatic hydroxyl groups is 1. The molecule has 1 rings (SSSR count). The maximum Gasteiger partial charge on any atom is 0.243 e. The maximum atomic E-state index is 13.6. The second-order valence-corrected chi connectivity index (χ2v) is 6.83. The Morgan fingerprint density at radius 3 is 2.67 bits per heavy atom. The van der Waals surface area contributed by atoms with Gasteiger partial charge in [0.15, 0.2) is 0 Å². The van der Waals surface area contributed by atoms with Crippen molar-refractivity contribution in [3.63, 3.8) is 0 Å². The number of thioether (sulfide) groups is 1. The molecule has 0 bridgehead atoms. The lowest BCUT2D eigenvalue weighted by Gasteiger charge is -2.11. The van der Waals surface area contributed by atoms with Crippen LogP contribution in [-0.4, -0.2) is 31.6 Å². The van der Waals surface area contributed by atoms with Crippen LogP contribution >= 0.6 is 11.8 Å². The highest BCUT2D eigenvalue weighted by Gasteiger charge is 2.19. The summed E-state index contributed by atoms with van der Waals surface area (Å²) in [6.45, 7) is 1.79. The first kappa shape index (κ1) is 15.4. The van der Waals surface area contributed by atoms with E-state index in [-0.39, 0.29) is 18.4 Å². The van der Waals surface area contributed by atoms with Gasteiger partial charge in [-0.3, -0.25) is 0 Å². The topological polar surface area (TPSA) is 66.4 Å². The molecule has 4 nitrogen and oxygen atoms in total. The van der Waals surface area contributed by atoms with Crippen LogP contribution in [0, 0.1) is 5.82 Å². The lowest BCUT2D eigenvalue weighted by molar-refractivity contribution is 0.281. The number of hydrogen-bond acceptors (Lipinski definition) is 4. The molecule has 0 aliphatic rings. The second-order valence-electron chi connectivity index (χ2n) is 3.82. The van der Waals surface area contributed by atoms with Crippen LogP contribution in [0.25, 0.3) is 0 Å². The number of halogens is 1. The van der Waals surface area contributed by atoms with Crippen molar-refractivity contribution in [1.82, 2.24) is 4.72 Å². The van der Waals surface area contributed by atoms with Gasteiger partial charge in [-0.2, -0.15) is 11.8 Å². The Hall–Kier alpha value is -0.630. The maximum absolute atomic E-state index is 13.6. The lowest BCUT2D eigenvalue weighted by Crippen LogP contribution is -2.30. The van der Waals surface area contributed by atoms with Crippen LogP contribution < -0.4 is 4.72 Å². The quantitative estimate of drug-likeness (QED) is 0.831. The number of rotatable bonds is 6. The van der Waals surface area contributed by atoms with Crippen LogP contribution in [0.2, 0.25) is 0 Å². The van der Waals surface area contributed by atoms with Gasteiger partial charge in [-0.1, -0.05) is 13.0 Å². The van der Waals surface area contributed by atoms with Gasteiger partial charge < -0.3 is 5.11 Å². The highest BCUT2D eigenvalue weighted by Crippen LogP contribution is 2.16. The predicted octanol–water partition coefficient (Wildman–Crippen LogP) is 1.35. The van der Waals surface area contributed by atoms with E-state index in [2.05, 4.69) is 4.72 Å². The van der Waals surface area contributed by atoms with E-state index in [1.54, 1.807) is 0 Å². The van der Waals surface area contributed by atoms with E-state index in [0.717, 1.165) is 12.1 Å². The van der Waals surface area contributed by atoms with Gasteiger partial charge in [0.2, 0.25) is 10.0 Å². The van der Waals surface area contributed by atoms with E-state index >= 15 is 0 Å². The zero-order valence-corrected chi connectivity index (χ0v) is 11.8. The summed E-state index contributed by atoms with van der Waals surface area (Å²) < 4.78 is 39.7. The number of benzene rings is 1. The molecule has 0 saturated carbocycles. The lowest BCUT2D eigenvalue weighted by atomic mass is 10.2. The van der Waals surface area contributed by atoms with Crippen LogP contribution in [0.5, 0.6) is 0 Å². The van der Waals surface area contributed by atoms with Crippen LogP contribution in [0.15, 0.2) is 23.1 Å². The van der Waals surface area contributed by atoms with E-state index < -0.39 is 20.7 Å². The van der Waals surface area contributed by atoms with Gasteiger partial charge in [0.1, 0.15) is 10.7 Å². The molecule has 0 spiro atoms. The highest BCUT2D eigenvalue weighted by atomic mass is 32.2. The molecular formula is C11H16FNO3S2. The number of sulfonamides is 1. The van der Waals surface area contributed by atoms with E-state index in [9.17, 15) is 12.8 Å². The van der Waals surface area contributed by atoms with Crippen LogP contribution in [0.4, 0.5) is 4.39 Å². The van der Waals surface area contributed by atoms with E-state index in [1.165, 1.54) is 17.8 Å². The largest absolute Gasteiger partial charge is 0.392 e. The Balaban J connectivity index is 2.91. The van der Waals surface area contributed by atoms with Crippen molar-refractivity contribution in [3.05, 3.63) is 29.6 Å². The number of hydrogen-bond donors (Lipinski definition) is 2. The van der Waals surface area contributed by atoms with Crippen LogP contribution in [0.1, 0.15) is 12.5 Å². The van der Waals surface area contributed by atoms with Gasteiger partial charge in [-0.05, 0) is 24.0 Å². The fraction of sp³-hybridized carbons (Fsp3) is 0.455. The molecule has 102 valence electrons. The second kappa shape index (κ2) is 6.51. The summed E-state index contributed by atoms with van der Waals surface area (Å²) in [7, 11) is -3.84. The Morgan fingerprint density at radius 2 is 2.17 bits per heavy atom. The Kier molecular flexibility index (Phi) is 5.58. The van der Waals surface area contributed by atoms with E-state index in [1.807, 2.05) is 13.2 Å². The minimum Gasteiger partial charge on any atom is -0.392 e. The van der Waals surface area contributed by atoms with Crippen molar-refractivity contribution in [2.24, 2.45) is 0 Å². The summed E-state index contributed by atoms with van der Waals surface area (Å²) in [6, 6.07) is 3.56. The molecule has 2 N–H and O–H groups in total. The predicted molar refractivity (Wildman–Crippen MR) is 70.5 cm³/mol. The highest BCUT2D eigenvalue weighted by molar-refractivity contribution is 7.99. The van der Waals surface area contributed by atoms with Crippen molar-refractivity contribution in [1.29, 1.82) is 0 Å². The first-order valence-corrected chi connectivity index (χ1v) is 8.09. The molecular weight excluding hydrogens is 277 g/mol. The average Bonchev–Trinajstić information content (AvgIpc) is 2.35. The third-order valence-corrected chi connectivity index (χ3v) is 4.86. The molecule has 7 heteroatoms. The Morgan fingerprint density at radius 1 is 1.50 bits per heavy atom. The molecule has 1 atom stereocenters. The van der Waals surface area contributed by atoms with Crippen LogP contribution in [0.3, 0.4) is 0 Å². The van der Waals surface area contributed by atoms with Gasteiger partial charge >= 0.3 is 0 Å². The first-order valence-electron chi connectivity index (χ1n) is 5.32. The summed E-state index contributed by atoms with van der Waals surface area (Å²) in [5.41, 5.74) is 0.337. The van der Waals surface area contributed by atoms with Gasteiger partial charge in [0.25, 0.3) is 0 Å². The molecule has 18 heavy (non-hydrogen) atoms. The molecule has 0 aliphatic heterocycles. The first-order chi connectivity index (χ1) is 8.40. The molecule has 0 aromatic heterocycles. The third kappa shape index (κ3) is 3.94. The summed E-state index contributed by atoms with van der Waals surface area (Å²) in [4.78, 5) is -0.395. The normalized spacial score (nSPS) is 13.6. The molecule has 0 heterocycles. The summed E-state index contributed by atoms with van der Waals surface area (Å²) in [6.07, 6.45) is 1.87. The van der Waals surface area contributed by atoms with Crippen molar-refractivity contribution in [2.45, 2.75) is 23.7 Å².